The number of amides is 1. The average molecular weight is 290 g/mol. The smallest absolute Gasteiger partial charge is 0.251 e. The third-order valence-electron chi connectivity index (χ3n) is 3.12. The van der Waals surface area contributed by atoms with Gasteiger partial charge in [0.1, 0.15) is 11.6 Å². The van der Waals surface area contributed by atoms with Crippen molar-refractivity contribution in [1.29, 1.82) is 0 Å². The van der Waals surface area contributed by atoms with Gasteiger partial charge in [-0.2, -0.15) is 0 Å². The molecule has 1 unspecified atom stereocenters. The molecule has 0 heterocycles. The fourth-order valence-electron chi connectivity index (χ4n) is 2.03. The standard InChI is InChI=1S/C16H16F2N2O/c1-10(9-13-14(17)3-2-4-15(13)18)20-16(21)11-5-7-12(19)8-6-11/h2-8,10H,9,19H2,1H3,(H,20,21). The summed E-state index contributed by atoms with van der Waals surface area (Å²) in [4.78, 5) is 12.0. The van der Waals surface area contributed by atoms with Crippen LogP contribution in [-0.4, -0.2) is 11.9 Å². The third-order valence-corrected chi connectivity index (χ3v) is 3.12. The number of nitrogen functional groups attached to an aromatic ring is 1. The van der Waals surface area contributed by atoms with Crippen molar-refractivity contribution in [3.63, 3.8) is 0 Å². The molecule has 0 fully saturated rings. The van der Waals surface area contributed by atoms with Gasteiger partial charge < -0.3 is 11.1 Å². The lowest BCUT2D eigenvalue weighted by Gasteiger charge is -2.15. The van der Waals surface area contributed by atoms with Gasteiger partial charge in [-0.1, -0.05) is 6.07 Å². The molecule has 3 N–H and O–H groups in total. The molecule has 5 heteroatoms. The quantitative estimate of drug-likeness (QED) is 0.851. The maximum absolute atomic E-state index is 13.5. The number of benzene rings is 2. The largest absolute Gasteiger partial charge is 0.399 e. The lowest BCUT2D eigenvalue weighted by atomic mass is 10.1. The summed E-state index contributed by atoms with van der Waals surface area (Å²) in [6.45, 7) is 1.70. The van der Waals surface area contributed by atoms with Crippen LogP contribution in [0.3, 0.4) is 0 Å². The molecule has 0 spiro atoms. The van der Waals surface area contributed by atoms with E-state index in [2.05, 4.69) is 5.32 Å². The Morgan fingerprint density at radius 3 is 2.29 bits per heavy atom. The zero-order valence-electron chi connectivity index (χ0n) is 11.6. The minimum Gasteiger partial charge on any atom is -0.399 e. The summed E-state index contributed by atoms with van der Waals surface area (Å²) >= 11 is 0. The minimum atomic E-state index is -0.608. The number of halogens is 2. The molecule has 0 aliphatic carbocycles. The molecule has 0 aliphatic rings. The van der Waals surface area contributed by atoms with E-state index in [-0.39, 0.29) is 17.9 Å². The van der Waals surface area contributed by atoms with Crippen molar-refractivity contribution in [3.05, 3.63) is 65.2 Å². The fourth-order valence-corrected chi connectivity index (χ4v) is 2.03. The molecule has 1 amide bonds. The molecule has 2 rings (SSSR count). The second kappa shape index (κ2) is 6.35. The van der Waals surface area contributed by atoms with Gasteiger partial charge in [-0.3, -0.25) is 4.79 Å². The summed E-state index contributed by atoms with van der Waals surface area (Å²) in [5, 5.41) is 2.71. The van der Waals surface area contributed by atoms with E-state index in [9.17, 15) is 13.6 Å². The second-order valence-electron chi connectivity index (χ2n) is 4.90. The molecule has 0 saturated heterocycles. The molecule has 110 valence electrons. The van der Waals surface area contributed by atoms with E-state index in [1.54, 1.807) is 31.2 Å². The summed E-state index contributed by atoms with van der Waals surface area (Å²) in [7, 11) is 0. The van der Waals surface area contributed by atoms with Crippen LogP contribution in [0.25, 0.3) is 0 Å². The van der Waals surface area contributed by atoms with E-state index >= 15 is 0 Å². The predicted octanol–water partition coefficient (Wildman–Crippen LogP) is 2.91. The van der Waals surface area contributed by atoms with Crippen LogP contribution in [0.1, 0.15) is 22.8 Å². The number of carbonyl (C=O) groups excluding carboxylic acids is 1. The molecule has 0 aromatic heterocycles. The molecule has 0 bridgehead atoms. The molecule has 2 aromatic rings. The van der Waals surface area contributed by atoms with Crippen LogP contribution in [-0.2, 0) is 6.42 Å². The second-order valence-corrected chi connectivity index (χ2v) is 4.90. The SMILES string of the molecule is CC(Cc1c(F)cccc1F)NC(=O)c1ccc(N)cc1. The molecule has 0 saturated carbocycles. The Bertz CT molecular complexity index is 621. The van der Waals surface area contributed by atoms with Crippen molar-refractivity contribution < 1.29 is 13.6 Å². The number of nitrogens with two attached hydrogens (primary N) is 1. The van der Waals surface area contributed by atoms with Crippen LogP contribution in [0, 0.1) is 11.6 Å². The highest BCUT2D eigenvalue weighted by molar-refractivity contribution is 5.94. The van der Waals surface area contributed by atoms with E-state index in [4.69, 9.17) is 5.73 Å². The van der Waals surface area contributed by atoms with Gasteiger partial charge in [-0.25, -0.2) is 8.78 Å². The Morgan fingerprint density at radius 2 is 1.71 bits per heavy atom. The van der Waals surface area contributed by atoms with Gasteiger partial charge in [0.15, 0.2) is 0 Å². The number of rotatable bonds is 4. The third kappa shape index (κ3) is 3.78. The van der Waals surface area contributed by atoms with E-state index in [1.165, 1.54) is 18.2 Å². The van der Waals surface area contributed by atoms with E-state index in [1.807, 2.05) is 0 Å². The number of anilines is 1. The first-order chi connectivity index (χ1) is 9.97. The average Bonchev–Trinajstić information content (AvgIpc) is 2.43. The number of hydrogen-bond donors (Lipinski definition) is 2. The van der Waals surface area contributed by atoms with Gasteiger partial charge in [-0.15, -0.1) is 0 Å². The van der Waals surface area contributed by atoms with Crippen molar-refractivity contribution >= 4 is 11.6 Å². The van der Waals surface area contributed by atoms with Gasteiger partial charge in [0.25, 0.3) is 5.91 Å². The summed E-state index contributed by atoms with van der Waals surface area (Å²) in [5.74, 6) is -1.52. The first-order valence-corrected chi connectivity index (χ1v) is 6.56. The Kier molecular flexibility index (Phi) is 4.52. The number of nitrogens with one attached hydrogen (secondary N) is 1. The molecular formula is C16H16F2N2O. The van der Waals surface area contributed by atoms with Crippen molar-refractivity contribution in [2.45, 2.75) is 19.4 Å². The van der Waals surface area contributed by atoms with E-state index in [0.29, 0.717) is 11.3 Å². The van der Waals surface area contributed by atoms with Gasteiger partial charge in [0, 0.05) is 22.9 Å². The van der Waals surface area contributed by atoms with Crippen molar-refractivity contribution in [2.24, 2.45) is 0 Å². The molecule has 2 aromatic carbocycles. The zero-order valence-corrected chi connectivity index (χ0v) is 11.6. The van der Waals surface area contributed by atoms with Crippen LogP contribution in [0.15, 0.2) is 42.5 Å². The monoisotopic (exact) mass is 290 g/mol. The Labute approximate surface area is 121 Å². The molecule has 3 nitrogen and oxygen atoms in total. The van der Waals surface area contributed by atoms with Crippen LogP contribution in [0.4, 0.5) is 14.5 Å². The lowest BCUT2D eigenvalue weighted by Crippen LogP contribution is -2.34. The maximum atomic E-state index is 13.5. The minimum absolute atomic E-state index is 0.0254. The normalized spacial score (nSPS) is 12.0. The summed E-state index contributed by atoms with van der Waals surface area (Å²) < 4.78 is 27.1. The van der Waals surface area contributed by atoms with Crippen LogP contribution >= 0.6 is 0 Å². The molecule has 0 radical (unpaired) electrons. The Hall–Kier alpha value is -2.43. The maximum Gasteiger partial charge on any atom is 0.251 e. The lowest BCUT2D eigenvalue weighted by molar-refractivity contribution is 0.0939. The summed E-state index contributed by atoms with van der Waals surface area (Å²) in [6.07, 6.45) is 0.0826. The molecular weight excluding hydrogens is 274 g/mol. The molecule has 21 heavy (non-hydrogen) atoms. The van der Waals surface area contributed by atoms with E-state index < -0.39 is 17.7 Å². The Balaban J connectivity index is 2.03. The predicted molar refractivity (Wildman–Crippen MR) is 77.8 cm³/mol. The molecule has 1 atom stereocenters. The van der Waals surface area contributed by atoms with Gasteiger partial charge in [0.05, 0.1) is 0 Å². The highest BCUT2D eigenvalue weighted by Crippen LogP contribution is 2.14. The van der Waals surface area contributed by atoms with Gasteiger partial charge in [-0.05, 0) is 49.7 Å². The van der Waals surface area contributed by atoms with Gasteiger partial charge in [0.2, 0.25) is 0 Å². The van der Waals surface area contributed by atoms with Crippen LogP contribution < -0.4 is 11.1 Å². The highest BCUT2D eigenvalue weighted by Gasteiger charge is 2.15. The van der Waals surface area contributed by atoms with Crippen molar-refractivity contribution in [1.82, 2.24) is 5.32 Å². The summed E-state index contributed by atoms with van der Waals surface area (Å²) in [5.41, 5.74) is 6.54. The molecule has 0 aliphatic heterocycles. The van der Waals surface area contributed by atoms with Crippen LogP contribution in [0.2, 0.25) is 0 Å². The zero-order chi connectivity index (χ0) is 15.4. The summed E-state index contributed by atoms with van der Waals surface area (Å²) in [6, 6.07) is 9.75. The first-order valence-electron chi connectivity index (χ1n) is 6.56. The van der Waals surface area contributed by atoms with Gasteiger partial charge >= 0.3 is 0 Å². The highest BCUT2D eigenvalue weighted by atomic mass is 19.1. The van der Waals surface area contributed by atoms with Crippen molar-refractivity contribution in [2.75, 3.05) is 5.73 Å². The number of carbonyl (C=O) groups is 1. The topological polar surface area (TPSA) is 55.1 Å². The van der Waals surface area contributed by atoms with Crippen molar-refractivity contribution in [3.8, 4) is 0 Å². The first kappa shape index (κ1) is 15.0. The van der Waals surface area contributed by atoms with E-state index in [0.717, 1.165) is 0 Å². The number of hydrogen-bond acceptors (Lipinski definition) is 2. The fraction of sp³-hybridized carbons (Fsp3) is 0.188. The van der Waals surface area contributed by atoms with Crippen LogP contribution in [0.5, 0.6) is 0 Å². The Morgan fingerprint density at radius 1 is 1.14 bits per heavy atom.